The molecule has 1 heterocycles. The molecule has 1 aromatic heterocycles. The van der Waals surface area contributed by atoms with Gasteiger partial charge in [-0.05, 0) is 38.0 Å². The standard InChI is InChI=1S/C19H23NO5/c1-13-7-4-5-8-17(13)24-10-6-9-18(21)20(3)12-15-11-16(19(22)23)14(2)25-15/h4-5,7-8,11H,6,9-10,12H2,1-3H3,(H,22,23). The summed E-state index contributed by atoms with van der Waals surface area (Å²) in [6.45, 7) is 4.28. The van der Waals surface area contributed by atoms with Crippen LogP contribution in [-0.2, 0) is 11.3 Å². The molecule has 0 aliphatic rings. The summed E-state index contributed by atoms with van der Waals surface area (Å²) in [7, 11) is 1.67. The van der Waals surface area contributed by atoms with E-state index in [0.717, 1.165) is 11.3 Å². The van der Waals surface area contributed by atoms with Gasteiger partial charge in [-0.15, -0.1) is 0 Å². The minimum Gasteiger partial charge on any atom is -0.493 e. The van der Waals surface area contributed by atoms with Gasteiger partial charge >= 0.3 is 5.97 Å². The maximum Gasteiger partial charge on any atom is 0.339 e. The zero-order valence-electron chi connectivity index (χ0n) is 14.7. The molecule has 0 radical (unpaired) electrons. The van der Waals surface area contributed by atoms with Crippen LogP contribution in [0.5, 0.6) is 5.75 Å². The molecule has 0 aliphatic carbocycles. The molecule has 2 aromatic rings. The molecule has 1 amide bonds. The number of benzene rings is 1. The minimum absolute atomic E-state index is 0.0423. The van der Waals surface area contributed by atoms with Gasteiger partial charge in [0, 0.05) is 13.5 Å². The largest absolute Gasteiger partial charge is 0.493 e. The zero-order chi connectivity index (χ0) is 18.4. The third kappa shape index (κ3) is 5.11. The van der Waals surface area contributed by atoms with E-state index in [9.17, 15) is 9.59 Å². The molecule has 25 heavy (non-hydrogen) atoms. The molecule has 0 aliphatic heterocycles. The van der Waals surface area contributed by atoms with Gasteiger partial charge in [0.05, 0.1) is 13.2 Å². The Morgan fingerprint density at radius 3 is 2.60 bits per heavy atom. The summed E-state index contributed by atoms with van der Waals surface area (Å²) < 4.78 is 11.1. The second kappa shape index (κ2) is 8.37. The van der Waals surface area contributed by atoms with E-state index in [1.54, 1.807) is 14.0 Å². The summed E-state index contributed by atoms with van der Waals surface area (Å²) in [5.74, 6) is 0.557. The van der Waals surface area contributed by atoms with Crippen LogP contribution in [0.15, 0.2) is 34.7 Å². The predicted octanol–water partition coefficient (Wildman–Crippen LogP) is 3.41. The van der Waals surface area contributed by atoms with Gasteiger partial charge in [0.1, 0.15) is 22.8 Å². The van der Waals surface area contributed by atoms with Crippen molar-refractivity contribution in [3.8, 4) is 5.75 Å². The molecule has 6 heteroatoms. The summed E-state index contributed by atoms with van der Waals surface area (Å²) in [4.78, 5) is 24.7. The first-order valence-corrected chi connectivity index (χ1v) is 8.13. The van der Waals surface area contributed by atoms with Crippen LogP contribution in [0.2, 0.25) is 0 Å². The molecule has 0 saturated carbocycles. The molecule has 0 saturated heterocycles. The van der Waals surface area contributed by atoms with Crippen LogP contribution in [0.25, 0.3) is 0 Å². The van der Waals surface area contributed by atoms with Gasteiger partial charge in [-0.3, -0.25) is 4.79 Å². The molecule has 0 atom stereocenters. The maximum atomic E-state index is 12.2. The van der Waals surface area contributed by atoms with Crippen molar-refractivity contribution in [3.63, 3.8) is 0 Å². The van der Waals surface area contributed by atoms with Gasteiger partial charge in [0.2, 0.25) is 5.91 Å². The average Bonchev–Trinajstić information content (AvgIpc) is 2.93. The van der Waals surface area contributed by atoms with Crippen LogP contribution in [-0.4, -0.2) is 35.5 Å². The van der Waals surface area contributed by atoms with Crippen molar-refractivity contribution in [1.29, 1.82) is 0 Å². The van der Waals surface area contributed by atoms with Crippen LogP contribution in [0.4, 0.5) is 0 Å². The average molecular weight is 345 g/mol. The molecule has 2 rings (SSSR count). The first-order chi connectivity index (χ1) is 11.9. The fourth-order valence-corrected chi connectivity index (χ4v) is 2.47. The summed E-state index contributed by atoms with van der Waals surface area (Å²) in [6, 6.07) is 9.21. The highest BCUT2D eigenvalue weighted by Crippen LogP contribution is 2.18. The van der Waals surface area contributed by atoms with Gasteiger partial charge in [0.25, 0.3) is 0 Å². The van der Waals surface area contributed by atoms with Gasteiger partial charge in [-0.25, -0.2) is 4.79 Å². The van der Waals surface area contributed by atoms with E-state index >= 15 is 0 Å². The third-order valence-electron chi connectivity index (χ3n) is 3.90. The van der Waals surface area contributed by atoms with E-state index < -0.39 is 5.97 Å². The molecule has 6 nitrogen and oxygen atoms in total. The zero-order valence-corrected chi connectivity index (χ0v) is 14.7. The van der Waals surface area contributed by atoms with Crippen molar-refractivity contribution in [2.24, 2.45) is 0 Å². The fraction of sp³-hybridized carbons (Fsp3) is 0.368. The SMILES string of the molecule is Cc1ccccc1OCCCC(=O)N(C)Cc1cc(C(=O)O)c(C)o1. The molecule has 134 valence electrons. The number of carboxylic acids is 1. The molecule has 0 bridgehead atoms. The van der Waals surface area contributed by atoms with Crippen LogP contribution < -0.4 is 4.74 Å². The van der Waals surface area contributed by atoms with Crippen LogP contribution in [0.1, 0.15) is 40.3 Å². The van der Waals surface area contributed by atoms with Crippen molar-refractivity contribution < 1.29 is 23.8 Å². The monoisotopic (exact) mass is 345 g/mol. The Hall–Kier alpha value is -2.76. The highest BCUT2D eigenvalue weighted by molar-refractivity contribution is 5.88. The van der Waals surface area contributed by atoms with E-state index in [1.165, 1.54) is 11.0 Å². The van der Waals surface area contributed by atoms with Crippen molar-refractivity contribution in [1.82, 2.24) is 4.90 Å². The number of rotatable bonds is 8. The van der Waals surface area contributed by atoms with E-state index in [4.69, 9.17) is 14.3 Å². The van der Waals surface area contributed by atoms with Gasteiger partial charge in [-0.1, -0.05) is 18.2 Å². The van der Waals surface area contributed by atoms with Gasteiger partial charge < -0.3 is 19.2 Å². The van der Waals surface area contributed by atoms with Crippen molar-refractivity contribution in [3.05, 3.63) is 53.0 Å². The summed E-state index contributed by atoms with van der Waals surface area (Å²) in [5.41, 5.74) is 1.19. The Kier molecular flexibility index (Phi) is 6.22. The molecular weight excluding hydrogens is 322 g/mol. The lowest BCUT2D eigenvalue weighted by Crippen LogP contribution is -2.26. The Bertz CT molecular complexity index is 750. The number of hydrogen-bond donors (Lipinski definition) is 1. The molecule has 0 fully saturated rings. The van der Waals surface area contributed by atoms with Crippen molar-refractivity contribution in [2.45, 2.75) is 33.2 Å². The quantitative estimate of drug-likeness (QED) is 0.742. The van der Waals surface area contributed by atoms with Crippen molar-refractivity contribution >= 4 is 11.9 Å². The molecule has 1 N–H and O–H groups in total. The lowest BCUT2D eigenvalue weighted by Gasteiger charge is -2.16. The Balaban J connectivity index is 1.77. The number of carbonyl (C=O) groups excluding carboxylic acids is 1. The smallest absolute Gasteiger partial charge is 0.339 e. The lowest BCUT2D eigenvalue weighted by atomic mass is 10.2. The van der Waals surface area contributed by atoms with Crippen LogP contribution in [0, 0.1) is 13.8 Å². The maximum absolute atomic E-state index is 12.2. The second-order valence-electron chi connectivity index (χ2n) is 5.96. The Labute approximate surface area is 147 Å². The van der Waals surface area contributed by atoms with E-state index in [1.807, 2.05) is 31.2 Å². The number of carboxylic acid groups (broad SMARTS) is 1. The number of hydrogen-bond acceptors (Lipinski definition) is 4. The normalized spacial score (nSPS) is 10.5. The third-order valence-corrected chi connectivity index (χ3v) is 3.90. The molecule has 0 unspecified atom stereocenters. The van der Waals surface area contributed by atoms with E-state index in [-0.39, 0.29) is 18.0 Å². The number of ether oxygens (including phenoxy) is 1. The van der Waals surface area contributed by atoms with E-state index in [0.29, 0.717) is 31.0 Å². The van der Waals surface area contributed by atoms with Gasteiger partial charge in [-0.2, -0.15) is 0 Å². The fourth-order valence-electron chi connectivity index (χ4n) is 2.47. The molecule has 1 aromatic carbocycles. The number of carbonyl (C=O) groups is 2. The molecular formula is C19H23NO5. The second-order valence-corrected chi connectivity index (χ2v) is 5.96. The van der Waals surface area contributed by atoms with E-state index in [2.05, 4.69) is 0 Å². The Morgan fingerprint density at radius 1 is 1.24 bits per heavy atom. The van der Waals surface area contributed by atoms with Crippen LogP contribution >= 0.6 is 0 Å². The number of furan rings is 1. The first-order valence-electron chi connectivity index (χ1n) is 8.13. The summed E-state index contributed by atoms with van der Waals surface area (Å²) >= 11 is 0. The predicted molar refractivity (Wildman–Crippen MR) is 92.8 cm³/mol. The highest BCUT2D eigenvalue weighted by atomic mass is 16.5. The number of para-hydroxylation sites is 1. The van der Waals surface area contributed by atoms with Gasteiger partial charge in [0.15, 0.2) is 0 Å². The minimum atomic E-state index is -1.03. The number of aromatic carboxylic acids is 1. The van der Waals surface area contributed by atoms with Crippen LogP contribution in [0.3, 0.4) is 0 Å². The highest BCUT2D eigenvalue weighted by Gasteiger charge is 2.16. The molecule has 0 spiro atoms. The Morgan fingerprint density at radius 2 is 1.96 bits per heavy atom. The van der Waals surface area contributed by atoms with Crippen molar-refractivity contribution in [2.75, 3.05) is 13.7 Å². The summed E-state index contributed by atoms with van der Waals surface area (Å²) in [6.07, 6.45) is 0.961. The topological polar surface area (TPSA) is 80.0 Å². The lowest BCUT2D eigenvalue weighted by molar-refractivity contribution is -0.130. The summed E-state index contributed by atoms with van der Waals surface area (Å²) in [5, 5.41) is 9.02. The number of nitrogens with zero attached hydrogens (tertiary/aromatic N) is 1. The first kappa shape index (κ1) is 18.6. The number of aryl methyl sites for hydroxylation is 2. The number of amides is 1.